The van der Waals surface area contributed by atoms with Gasteiger partial charge in [-0.2, -0.15) is 0 Å². The van der Waals surface area contributed by atoms with E-state index in [1.165, 1.54) is 28.7 Å². The Labute approximate surface area is 194 Å². The van der Waals surface area contributed by atoms with Crippen LogP contribution in [0.5, 0.6) is 5.75 Å². The highest BCUT2D eigenvalue weighted by Crippen LogP contribution is 2.24. The molecule has 0 radical (unpaired) electrons. The largest absolute Gasteiger partial charge is 0.496 e. The first kappa shape index (κ1) is 22.1. The maximum atomic E-state index is 13.2. The summed E-state index contributed by atoms with van der Waals surface area (Å²) in [4.78, 5) is 30.4. The smallest absolute Gasteiger partial charge is 0.272 e. The number of ether oxygens (including phenoxy) is 1. The monoisotopic (exact) mass is 465 g/mol. The lowest BCUT2D eigenvalue weighted by Gasteiger charge is -2.14. The molecule has 6 nitrogen and oxygen atoms in total. The fourth-order valence-electron chi connectivity index (χ4n) is 3.33. The van der Waals surface area contributed by atoms with Crippen LogP contribution in [0.2, 0.25) is 0 Å². The molecule has 4 rings (SSSR count). The number of hydrogen-bond acceptors (Lipinski definition) is 6. The molecule has 0 unspecified atom stereocenters. The van der Waals surface area contributed by atoms with Gasteiger partial charge >= 0.3 is 0 Å². The summed E-state index contributed by atoms with van der Waals surface area (Å²) in [6.45, 7) is 2.40. The van der Waals surface area contributed by atoms with Crippen LogP contribution >= 0.6 is 23.1 Å². The number of thiophene rings is 1. The van der Waals surface area contributed by atoms with Gasteiger partial charge in [0.05, 0.1) is 24.9 Å². The summed E-state index contributed by atoms with van der Waals surface area (Å²) in [5.74, 6) is 0.696. The number of methoxy groups -OCH3 is 1. The molecule has 0 spiro atoms. The van der Waals surface area contributed by atoms with Crippen LogP contribution in [0.15, 0.2) is 69.9 Å². The third kappa shape index (κ3) is 4.87. The van der Waals surface area contributed by atoms with Gasteiger partial charge in [-0.25, -0.2) is 4.98 Å². The van der Waals surface area contributed by atoms with Gasteiger partial charge in [-0.1, -0.05) is 49.0 Å². The van der Waals surface area contributed by atoms with Crippen molar-refractivity contribution >= 4 is 44.9 Å². The van der Waals surface area contributed by atoms with Crippen molar-refractivity contribution in [3.8, 4) is 5.75 Å². The number of carbonyl (C=O) groups excluding carboxylic acids is 1. The number of aryl methyl sites for hydroxylation is 1. The Morgan fingerprint density at radius 2 is 1.94 bits per heavy atom. The van der Waals surface area contributed by atoms with Gasteiger partial charge in [0, 0.05) is 11.3 Å². The number of fused-ring (bicyclic) bond motifs is 1. The van der Waals surface area contributed by atoms with Crippen molar-refractivity contribution < 1.29 is 9.53 Å². The predicted octanol–water partition coefficient (Wildman–Crippen LogP) is 4.81. The molecule has 2 aromatic heterocycles. The summed E-state index contributed by atoms with van der Waals surface area (Å²) in [5, 5.41) is 5.26. The van der Waals surface area contributed by atoms with Gasteiger partial charge < -0.3 is 10.1 Å². The van der Waals surface area contributed by atoms with E-state index < -0.39 is 0 Å². The van der Waals surface area contributed by atoms with Crippen LogP contribution < -0.4 is 15.6 Å². The number of para-hydroxylation sites is 1. The Bertz CT molecular complexity index is 1300. The van der Waals surface area contributed by atoms with E-state index in [4.69, 9.17) is 4.74 Å². The average Bonchev–Trinajstić information content (AvgIpc) is 3.29. The van der Waals surface area contributed by atoms with Gasteiger partial charge in [0.2, 0.25) is 5.91 Å². The first-order chi connectivity index (χ1) is 15.6. The van der Waals surface area contributed by atoms with Crippen LogP contribution in [0, 0.1) is 0 Å². The standard InChI is InChI=1S/C24H23N3O3S2/c1-3-16-8-10-18(11-9-16)25-21(28)15-32-24-26-19-12-13-31-22(19)23(29)27(24)14-17-6-4-5-7-20(17)30-2/h4-13H,3,14-15H2,1-2H3,(H,25,28). The molecule has 0 bridgehead atoms. The Hall–Kier alpha value is -3.10. The van der Waals surface area contributed by atoms with Gasteiger partial charge in [0.15, 0.2) is 5.16 Å². The molecule has 8 heteroatoms. The zero-order valence-corrected chi connectivity index (χ0v) is 19.5. The second-order valence-electron chi connectivity index (χ2n) is 7.12. The molecular weight excluding hydrogens is 442 g/mol. The molecule has 1 amide bonds. The first-order valence-electron chi connectivity index (χ1n) is 10.2. The minimum Gasteiger partial charge on any atom is -0.496 e. The van der Waals surface area contributed by atoms with Crippen molar-refractivity contribution in [3.05, 3.63) is 81.5 Å². The Morgan fingerprint density at radius 1 is 1.16 bits per heavy atom. The maximum absolute atomic E-state index is 13.2. The third-order valence-electron chi connectivity index (χ3n) is 5.03. The van der Waals surface area contributed by atoms with E-state index in [9.17, 15) is 9.59 Å². The van der Waals surface area contributed by atoms with Gasteiger partial charge in [-0.05, 0) is 41.6 Å². The van der Waals surface area contributed by atoms with Crippen LogP contribution in [-0.4, -0.2) is 28.3 Å². The fraction of sp³-hybridized carbons (Fsp3) is 0.208. The summed E-state index contributed by atoms with van der Waals surface area (Å²) in [6.07, 6.45) is 0.949. The molecule has 2 aromatic carbocycles. The van der Waals surface area contributed by atoms with Gasteiger partial charge in [-0.15, -0.1) is 11.3 Å². The molecule has 0 aliphatic rings. The number of anilines is 1. The normalized spacial score (nSPS) is 10.9. The quantitative estimate of drug-likeness (QED) is 0.299. The molecule has 0 fully saturated rings. The Balaban J connectivity index is 1.57. The van der Waals surface area contributed by atoms with Crippen molar-refractivity contribution in [2.45, 2.75) is 25.0 Å². The lowest BCUT2D eigenvalue weighted by atomic mass is 10.1. The minimum atomic E-state index is -0.150. The molecule has 0 saturated heterocycles. The van der Waals surface area contributed by atoms with Crippen molar-refractivity contribution in [3.63, 3.8) is 0 Å². The molecule has 0 aliphatic heterocycles. The lowest BCUT2D eigenvalue weighted by Crippen LogP contribution is -2.24. The second kappa shape index (κ2) is 10.0. The number of nitrogens with zero attached hydrogens (tertiary/aromatic N) is 2. The first-order valence-corrected chi connectivity index (χ1v) is 12.1. The number of benzene rings is 2. The van der Waals surface area contributed by atoms with Crippen LogP contribution in [0.25, 0.3) is 10.2 Å². The lowest BCUT2D eigenvalue weighted by molar-refractivity contribution is -0.113. The van der Waals surface area contributed by atoms with Gasteiger partial charge in [-0.3, -0.25) is 14.2 Å². The number of hydrogen-bond donors (Lipinski definition) is 1. The van der Waals surface area contributed by atoms with Crippen LogP contribution in [0.3, 0.4) is 0 Å². The third-order valence-corrected chi connectivity index (χ3v) is 6.90. The second-order valence-corrected chi connectivity index (χ2v) is 8.98. The molecule has 2 heterocycles. The van der Waals surface area contributed by atoms with E-state index in [2.05, 4.69) is 17.2 Å². The van der Waals surface area contributed by atoms with E-state index in [0.29, 0.717) is 27.7 Å². The number of nitrogens with one attached hydrogen (secondary N) is 1. The molecule has 1 N–H and O–H groups in total. The minimum absolute atomic E-state index is 0.117. The SMILES string of the molecule is CCc1ccc(NC(=O)CSc2nc3ccsc3c(=O)n2Cc2ccccc2OC)cc1. The number of thioether (sulfide) groups is 1. The summed E-state index contributed by atoms with van der Waals surface area (Å²) in [6, 6.07) is 17.2. The number of amides is 1. The summed E-state index contributed by atoms with van der Waals surface area (Å²) in [5.41, 5.74) is 3.37. The van der Waals surface area contributed by atoms with Crippen molar-refractivity contribution in [1.82, 2.24) is 9.55 Å². The van der Waals surface area contributed by atoms with E-state index in [1.807, 2.05) is 60.0 Å². The fourth-order valence-corrected chi connectivity index (χ4v) is 4.90. The molecule has 32 heavy (non-hydrogen) atoms. The molecular formula is C24H23N3O3S2. The molecule has 0 saturated carbocycles. The number of rotatable bonds is 8. The van der Waals surface area contributed by atoms with Crippen molar-refractivity contribution in [2.75, 3.05) is 18.2 Å². The van der Waals surface area contributed by atoms with Gasteiger partial charge in [0.25, 0.3) is 5.56 Å². The highest BCUT2D eigenvalue weighted by Gasteiger charge is 2.16. The van der Waals surface area contributed by atoms with Crippen LogP contribution in [0.1, 0.15) is 18.1 Å². The van der Waals surface area contributed by atoms with Crippen LogP contribution in [-0.2, 0) is 17.8 Å². The Kier molecular flexibility index (Phi) is 6.92. The molecule has 164 valence electrons. The van der Waals surface area contributed by atoms with E-state index in [0.717, 1.165) is 17.7 Å². The number of aromatic nitrogens is 2. The summed E-state index contributed by atoms with van der Waals surface area (Å²) in [7, 11) is 1.61. The highest BCUT2D eigenvalue weighted by atomic mass is 32.2. The predicted molar refractivity (Wildman–Crippen MR) is 131 cm³/mol. The topological polar surface area (TPSA) is 73.2 Å². The van der Waals surface area contributed by atoms with Crippen LogP contribution in [0.4, 0.5) is 5.69 Å². The highest BCUT2D eigenvalue weighted by molar-refractivity contribution is 7.99. The Morgan fingerprint density at radius 3 is 2.69 bits per heavy atom. The van der Waals surface area contributed by atoms with Gasteiger partial charge in [0.1, 0.15) is 10.4 Å². The maximum Gasteiger partial charge on any atom is 0.272 e. The zero-order valence-electron chi connectivity index (χ0n) is 17.8. The summed E-state index contributed by atoms with van der Waals surface area (Å²) < 4.78 is 7.66. The molecule has 4 aromatic rings. The number of carbonyl (C=O) groups is 1. The van der Waals surface area contributed by atoms with E-state index >= 15 is 0 Å². The van der Waals surface area contributed by atoms with Crippen molar-refractivity contribution in [2.24, 2.45) is 0 Å². The molecule has 0 aliphatic carbocycles. The van der Waals surface area contributed by atoms with Crippen molar-refractivity contribution in [1.29, 1.82) is 0 Å². The molecule has 0 atom stereocenters. The van der Waals surface area contributed by atoms with E-state index in [1.54, 1.807) is 11.7 Å². The average molecular weight is 466 g/mol. The summed E-state index contributed by atoms with van der Waals surface area (Å²) >= 11 is 2.62. The zero-order chi connectivity index (χ0) is 22.5. The van der Waals surface area contributed by atoms with E-state index in [-0.39, 0.29) is 17.2 Å².